The Kier molecular flexibility index (Phi) is 4.36. The molecule has 1 aromatic carbocycles. The zero-order chi connectivity index (χ0) is 17.2. The van der Waals surface area contributed by atoms with E-state index in [0.29, 0.717) is 12.5 Å². The van der Waals surface area contributed by atoms with Gasteiger partial charge >= 0.3 is 0 Å². The first-order valence-corrected chi connectivity index (χ1v) is 8.70. The fourth-order valence-corrected chi connectivity index (χ4v) is 3.48. The predicted octanol–water partition coefficient (Wildman–Crippen LogP) is 3.20. The number of hydrogen-bond acceptors (Lipinski definition) is 4. The maximum absolute atomic E-state index is 13.3. The van der Waals surface area contributed by atoms with Gasteiger partial charge in [-0.1, -0.05) is 0 Å². The van der Waals surface area contributed by atoms with Crippen LogP contribution in [0.1, 0.15) is 30.1 Å². The minimum atomic E-state index is -0.215. The summed E-state index contributed by atoms with van der Waals surface area (Å²) in [7, 11) is 2.01. The minimum absolute atomic E-state index is 0.215. The van der Waals surface area contributed by atoms with Gasteiger partial charge in [-0.3, -0.25) is 0 Å². The zero-order valence-electron chi connectivity index (χ0n) is 14.3. The van der Waals surface area contributed by atoms with Crippen LogP contribution in [-0.2, 0) is 6.54 Å². The molecule has 0 aliphatic carbocycles. The maximum Gasteiger partial charge on any atom is 0.132 e. The van der Waals surface area contributed by atoms with Crippen molar-refractivity contribution in [3.05, 3.63) is 53.9 Å². The smallest absolute Gasteiger partial charge is 0.132 e. The van der Waals surface area contributed by atoms with Crippen LogP contribution in [0.25, 0.3) is 10.9 Å². The summed E-state index contributed by atoms with van der Waals surface area (Å²) in [5.74, 6) is 1.15. The summed E-state index contributed by atoms with van der Waals surface area (Å²) in [6.07, 6.45) is 4.00. The second kappa shape index (κ2) is 6.80. The molecule has 1 fully saturated rings. The van der Waals surface area contributed by atoms with Crippen LogP contribution >= 0.6 is 0 Å². The number of nitrogens with zero attached hydrogens (tertiary/aromatic N) is 3. The Morgan fingerprint density at radius 2 is 2.16 bits per heavy atom. The molecule has 1 saturated heterocycles. The van der Waals surface area contributed by atoms with Crippen molar-refractivity contribution in [2.45, 2.75) is 25.3 Å². The van der Waals surface area contributed by atoms with E-state index in [1.165, 1.54) is 18.9 Å². The molecule has 3 heterocycles. The Bertz CT molecular complexity index is 869. The molecule has 3 aromatic rings. The van der Waals surface area contributed by atoms with Crippen molar-refractivity contribution >= 4 is 16.7 Å². The lowest BCUT2D eigenvalue weighted by molar-refractivity contribution is 0.454. The van der Waals surface area contributed by atoms with Crippen LogP contribution in [0, 0.1) is 5.82 Å². The van der Waals surface area contributed by atoms with E-state index in [9.17, 15) is 4.39 Å². The third kappa shape index (κ3) is 3.49. The van der Waals surface area contributed by atoms with Gasteiger partial charge in [-0.25, -0.2) is 14.4 Å². The summed E-state index contributed by atoms with van der Waals surface area (Å²) in [6, 6.07) is 8.87. The summed E-state index contributed by atoms with van der Waals surface area (Å²) in [5, 5.41) is 4.32. The summed E-state index contributed by atoms with van der Waals surface area (Å²) in [6.45, 7) is 2.75. The van der Waals surface area contributed by atoms with Gasteiger partial charge < -0.3 is 15.2 Å². The van der Waals surface area contributed by atoms with E-state index in [2.05, 4.69) is 31.2 Å². The molecular weight excluding hydrogens is 317 g/mol. The molecule has 6 heteroatoms. The molecule has 4 rings (SSSR count). The zero-order valence-corrected chi connectivity index (χ0v) is 14.3. The molecule has 1 atom stereocenters. The second-order valence-corrected chi connectivity index (χ2v) is 6.73. The van der Waals surface area contributed by atoms with Crippen molar-refractivity contribution in [1.82, 2.24) is 20.3 Å². The molecule has 0 amide bonds. The topological polar surface area (TPSA) is 56.8 Å². The highest BCUT2D eigenvalue weighted by Gasteiger charge is 2.18. The summed E-state index contributed by atoms with van der Waals surface area (Å²) in [5.41, 5.74) is 3.08. The molecule has 1 aliphatic heterocycles. The lowest BCUT2D eigenvalue weighted by atomic mass is 9.96. The summed E-state index contributed by atoms with van der Waals surface area (Å²) < 4.78 is 13.3. The number of anilines is 1. The number of benzene rings is 1. The van der Waals surface area contributed by atoms with Gasteiger partial charge in [0.15, 0.2) is 0 Å². The Labute approximate surface area is 146 Å². The van der Waals surface area contributed by atoms with E-state index < -0.39 is 0 Å². The predicted molar refractivity (Wildman–Crippen MR) is 97.2 cm³/mol. The average molecular weight is 339 g/mol. The highest BCUT2D eigenvalue weighted by atomic mass is 19.1. The quantitative estimate of drug-likeness (QED) is 0.766. The first kappa shape index (κ1) is 16.0. The molecule has 5 nitrogen and oxygen atoms in total. The van der Waals surface area contributed by atoms with Gasteiger partial charge in [-0.05, 0) is 43.7 Å². The van der Waals surface area contributed by atoms with E-state index in [0.717, 1.165) is 41.2 Å². The molecular formula is C19H22FN5. The SMILES string of the molecule is CN(Cc1cc2cc(F)ccc2[nH]1)c1cc([C@H]2CCCNC2)ncn1. The van der Waals surface area contributed by atoms with Crippen molar-refractivity contribution in [2.75, 3.05) is 25.0 Å². The van der Waals surface area contributed by atoms with Gasteiger partial charge in [0.2, 0.25) is 0 Å². The van der Waals surface area contributed by atoms with E-state index in [1.807, 2.05) is 13.1 Å². The number of hydrogen-bond donors (Lipinski definition) is 2. The Morgan fingerprint density at radius 1 is 1.24 bits per heavy atom. The van der Waals surface area contributed by atoms with Crippen molar-refractivity contribution in [3.63, 3.8) is 0 Å². The first-order valence-electron chi connectivity index (χ1n) is 8.70. The average Bonchev–Trinajstić information content (AvgIpc) is 3.04. The number of halogens is 1. The number of piperidine rings is 1. The number of aromatic amines is 1. The van der Waals surface area contributed by atoms with E-state index in [1.54, 1.807) is 18.5 Å². The highest BCUT2D eigenvalue weighted by Crippen LogP contribution is 2.24. The Balaban J connectivity index is 1.52. The molecule has 0 radical (unpaired) electrons. The van der Waals surface area contributed by atoms with Gasteiger partial charge in [0.1, 0.15) is 18.0 Å². The van der Waals surface area contributed by atoms with Crippen molar-refractivity contribution < 1.29 is 4.39 Å². The van der Waals surface area contributed by atoms with Crippen LogP contribution in [0.5, 0.6) is 0 Å². The van der Waals surface area contributed by atoms with Crippen LogP contribution < -0.4 is 10.2 Å². The molecule has 25 heavy (non-hydrogen) atoms. The van der Waals surface area contributed by atoms with Crippen molar-refractivity contribution in [2.24, 2.45) is 0 Å². The lowest BCUT2D eigenvalue weighted by Crippen LogP contribution is -2.29. The van der Waals surface area contributed by atoms with Crippen LogP contribution in [-0.4, -0.2) is 35.1 Å². The van der Waals surface area contributed by atoms with E-state index >= 15 is 0 Å². The Hall–Kier alpha value is -2.47. The number of nitrogens with one attached hydrogen (secondary N) is 2. The monoisotopic (exact) mass is 339 g/mol. The van der Waals surface area contributed by atoms with Gasteiger partial charge in [0.25, 0.3) is 0 Å². The van der Waals surface area contributed by atoms with Crippen LogP contribution in [0.15, 0.2) is 36.7 Å². The summed E-state index contributed by atoms with van der Waals surface area (Å²) >= 11 is 0. The molecule has 2 N–H and O–H groups in total. The number of rotatable bonds is 4. The van der Waals surface area contributed by atoms with Crippen LogP contribution in [0.2, 0.25) is 0 Å². The van der Waals surface area contributed by atoms with E-state index in [-0.39, 0.29) is 5.82 Å². The molecule has 0 saturated carbocycles. The van der Waals surface area contributed by atoms with Gasteiger partial charge in [-0.2, -0.15) is 0 Å². The van der Waals surface area contributed by atoms with Gasteiger partial charge in [0, 0.05) is 42.2 Å². The standard InChI is InChI=1S/C19H22FN5/c1-25(11-16-8-14-7-15(20)4-5-17(14)24-16)19-9-18(22-12-23-19)13-3-2-6-21-10-13/h4-5,7-9,12-13,21,24H,2-3,6,10-11H2,1H3/t13-/m0/s1. The van der Waals surface area contributed by atoms with Crippen LogP contribution in [0.3, 0.4) is 0 Å². The van der Waals surface area contributed by atoms with Gasteiger partial charge in [-0.15, -0.1) is 0 Å². The van der Waals surface area contributed by atoms with E-state index in [4.69, 9.17) is 0 Å². The van der Waals surface area contributed by atoms with Crippen molar-refractivity contribution in [1.29, 1.82) is 0 Å². The molecule has 1 aliphatic rings. The van der Waals surface area contributed by atoms with Gasteiger partial charge in [0.05, 0.1) is 12.2 Å². The van der Waals surface area contributed by atoms with Crippen molar-refractivity contribution in [3.8, 4) is 0 Å². The third-order valence-corrected chi connectivity index (χ3v) is 4.83. The number of H-pyrrole nitrogens is 1. The fraction of sp³-hybridized carbons (Fsp3) is 0.368. The molecule has 0 spiro atoms. The highest BCUT2D eigenvalue weighted by molar-refractivity contribution is 5.80. The third-order valence-electron chi connectivity index (χ3n) is 4.83. The molecule has 2 aromatic heterocycles. The molecule has 0 bridgehead atoms. The fourth-order valence-electron chi connectivity index (χ4n) is 3.48. The normalized spacial score (nSPS) is 17.8. The maximum atomic E-state index is 13.3. The first-order chi connectivity index (χ1) is 12.2. The lowest BCUT2D eigenvalue weighted by Gasteiger charge is -2.23. The molecule has 0 unspecified atom stereocenters. The minimum Gasteiger partial charge on any atom is -0.357 e. The number of fused-ring (bicyclic) bond motifs is 1. The Morgan fingerprint density at radius 3 is 3.00 bits per heavy atom. The number of aromatic nitrogens is 3. The second-order valence-electron chi connectivity index (χ2n) is 6.73. The molecule has 130 valence electrons. The van der Waals surface area contributed by atoms with Crippen LogP contribution in [0.4, 0.5) is 10.2 Å². The largest absolute Gasteiger partial charge is 0.357 e. The summed E-state index contributed by atoms with van der Waals surface area (Å²) in [4.78, 5) is 14.3.